The highest BCUT2D eigenvalue weighted by molar-refractivity contribution is 9.10. The quantitative estimate of drug-likeness (QED) is 0.887. The molecule has 4 heteroatoms. The standard InChI is InChI=1S/C12H13BrClNO/c1-6-9-4-8(13)5-10(14)12(9)16-11(6)7(2)15-3/h4-5,7,15H,1-3H3. The lowest BCUT2D eigenvalue weighted by molar-refractivity contribution is 0.471. The maximum Gasteiger partial charge on any atom is 0.153 e. The molecule has 2 rings (SSSR count). The van der Waals surface area contributed by atoms with Crippen molar-refractivity contribution in [3.63, 3.8) is 0 Å². The van der Waals surface area contributed by atoms with Crippen molar-refractivity contribution in [3.05, 3.63) is 33.0 Å². The summed E-state index contributed by atoms with van der Waals surface area (Å²) >= 11 is 9.59. The Morgan fingerprint density at radius 2 is 2.12 bits per heavy atom. The largest absolute Gasteiger partial charge is 0.458 e. The summed E-state index contributed by atoms with van der Waals surface area (Å²) in [6.07, 6.45) is 0. The van der Waals surface area contributed by atoms with Gasteiger partial charge in [-0.25, -0.2) is 0 Å². The van der Waals surface area contributed by atoms with Crippen molar-refractivity contribution in [1.82, 2.24) is 5.32 Å². The van der Waals surface area contributed by atoms with Gasteiger partial charge in [0.15, 0.2) is 5.58 Å². The molecule has 1 unspecified atom stereocenters. The molecule has 1 heterocycles. The zero-order valence-electron chi connectivity index (χ0n) is 9.40. The predicted octanol–water partition coefficient (Wildman–Crippen LogP) is 4.44. The van der Waals surface area contributed by atoms with E-state index in [-0.39, 0.29) is 6.04 Å². The van der Waals surface area contributed by atoms with Crippen LogP contribution in [0.25, 0.3) is 11.0 Å². The summed E-state index contributed by atoms with van der Waals surface area (Å²) in [7, 11) is 1.91. The van der Waals surface area contributed by atoms with E-state index in [0.29, 0.717) is 5.02 Å². The van der Waals surface area contributed by atoms with E-state index >= 15 is 0 Å². The topological polar surface area (TPSA) is 25.2 Å². The second-order valence-corrected chi connectivity index (χ2v) is 5.19. The average molecular weight is 303 g/mol. The van der Waals surface area contributed by atoms with Crippen LogP contribution in [0.2, 0.25) is 5.02 Å². The van der Waals surface area contributed by atoms with Crippen LogP contribution in [0.15, 0.2) is 21.0 Å². The van der Waals surface area contributed by atoms with Crippen LogP contribution in [-0.4, -0.2) is 7.05 Å². The van der Waals surface area contributed by atoms with Gasteiger partial charge in [0, 0.05) is 15.4 Å². The summed E-state index contributed by atoms with van der Waals surface area (Å²) in [6, 6.07) is 4.06. The summed E-state index contributed by atoms with van der Waals surface area (Å²) in [5.41, 5.74) is 1.90. The lowest BCUT2D eigenvalue weighted by Gasteiger charge is -2.06. The van der Waals surface area contributed by atoms with Crippen molar-refractivity contribution >= 4 is 38.5 Å². The molecule has 1 N–H and O–H groups in total. The number of furan rings is 1. The van der Waals surface area contributed by atoms with E-state index in [1.165, 1.54) is 0 Å². The fourth-order valence-electron chi connectivity index (χ4n) is 1.81. The van der Waals surface area contributed by atoms with Gasteiger partial charge in [0.05, 0.1) is 11.1 Å². The maximum atomic E-state index is 6.15. The first-order chi connectivity index (χ1) is 7.54. The third-order valence-electron chi connectivity index (χ3n) is 2.82. The highest BCUT2D eigenvalue weighted by atomic mass is 79.9. The number of halogens is 2. The van der Waals surface area contributed by atoms with Gasteiger partial charge in [-0.3, -0.25) is 0 Å². The molecule has 0 radical (unpaired) electrons. The summed E-state index contributed by atoms with van der Waals surface area (Å²) in [5.74, 6) is 0.942. The fraction of sp³-hybridized carbons (Fsp3) is 0.333. The van der Waals surface area contributed by atoms with Gasteiger partial charge < -0.3 is 9.73 Å². The van der Waals surface area contributed by atoms with Gasteiger partial charge in [0.1, 0.15) is 5.76 Å². The van der Waals surface area contributed by atoms with E-state index in [2.05, 4.69) is 35.1 Å². The van der Waals surface area contributed by atoms with E-state index < -0.39 is 0 Å². The normalized spacial score (nSPS) is 13.3. The van der Waals surface area contributed by atoms with Crippen molar-refractivity contribution in [2.24, 2.45) is 0 Å². The Hall–Kier alpha value is -0.510. The molecule has 1 aromatic carbocycles. The third-order valence-corrected chi connectivity index (χ3v) is 3.56. The van der Waals surface area contributed by atoms with Crippen molar-refractivity contribution in [3.8, 4) is 0 Å². The lowest BCUT2D eigenvalue weighted by Crippen LogP contribution is -2.12. The van der Waals surface area contributed by atoms with Crippen LogP contribution in [0.3, 0.4) is 0 Å². The first-order valence-electron chi connectivity index (χ1n) is 5.10. The Balaban J connectivity index is 2.72. The van der Waals surface area contributed by atoms with Crippen LogP contribution in [0.5, 0.6) is 0 Å². The number of rotatable bonds is 2. The van der Waals surface area contributed by atoms with Crippen molar-refractivity contribution < 1.29 is 4.42 Å². The molecular weight excluding hydrogens is 289 g/mol. The van der Waals surface area contributed by atoms with Gasteiger partial charge >= 0.3 is 0 Å². The van der Waals surface area contributed by atoms with Crippen LogP contribution in [-0.2, 0) is 0 Å². The Labute approximate surface area is 108 Å². The summed E-state index contributed by atoms with van der Waals surface area (Å²) in [6.45, 7) is 4.12. The molecule has 0 amide bonds. The minimum atomic E-state index is 0.183. The number of benzene rings is 1. The molecule has 0 aliphatic heterocycles. The smallest absolute Gasteiger partial charge is 0.153 e. The van der Waals surface area contributed by atoms with E-state index in [0.717, 1.165) is 26.8 Å². The molecule has 16 heavy (non-hydrogen) atoms. The van der Waals surface area contributed by atoms with Crippen molar-refractivity contribution in [1.29, 1.82) is 0 Å². The summed E-state index contributed by atoms with van der Waals surface area (Å²) < 4.78 is 6.79. The molecule has 0 fully saturated rings. The van der Waals surface area contributed by atoms with Gasteiger partial charge in [0.2, 0.25) is 0 Å². The van der Waals surface area contributed by atoms with Crippen LogP contribution >= 0.6 is 27.5 Å². The molecule has 2 aromatic rings. The van der Waals surface area contributed by atoms with Crippen molar-refractivity contribution in [2.45, 2.75) is 19.9 Å². The maximum absolute atomic E-state index is 6.15. The lowest BCUT2D eigenvalue weighted by atomic mass is 10.1. The Morgan fingerprint density at radius 1 is 1.44 bits per heavy atom. The molecular formula is C12H13BrClNO. The third kappa shape index (κ3) is 1.88. The van der Waals surface area contributed by atoms with Gasteiger partial charge in [0.25, 0.3) is 0 Å². The second-order valence-electron chi connectivity index (χ2n) is 3.87. The van der Waals surface area contributed by atoms with Gasteiger partial charge in [-0.2, -0.15) is 0 Å². The zero-order chi connectivity index (χ0) is 11.9. The molecule has 1 aromatic heterocycles. The van der Waals surface area contributed by atoms with Gasteiger partial charge in [-0.15, -0.1) is 0 Å². The summed E-state index contributed by atoms with van der Waals surface area (Å²) in [4.78, 5) is 0. The molecule has 0 saturated carbocycles. The highest BCUT2D eigenvalue weighted by Gasteiger charge is 2.17. The number of hydrogen-bond acceptors (Lipinski definition) is 2. The minimum Gasteiger partial charge on any atom is -0.458 e. The van der Waals surface area contributed by atoms with E-state index in [1.807, 2.05) is 19.2 Å². The van der Waals surface area contributed by atoms with Crippen LogP contribution < -0.4 is 5.32 Å². The number of hydrogen-bond donors (Lipinski definition) is 1. The number of fused-ring (bicyclic) bond motifs is 1. The molecule has 0 saturated heterocycles. The number of aryl methyl sites for hydroxylation is 1. The molecule has 0 aliphatic carbocycles. The van der Waals surface area contributed by atoms with Crippen LogP contribution in [0, 0.1) is 6.92 Å². The minimum absolute atomic E-state index is 0.183. The van der Waals surface area contributed by atoms with E-state index in [1.54, 1.807) is 0 Å². The molecule has 0 spiro atoms. The highest BCUT2D eigenvalue weighted by Crippen LogP contribution is 2.35. The van der Waals surface area contributed by atoms with Crippen molar-refractivity contribution in [2.75, 3.05) is 7.05 Å². The predicted molar refractivity (Wildman–Crippen MR) is 71.1 cm³/mol. The van der Waals surface area contributed by atoms with Gasteiger partial charge in [-0.05, 0) is 33.0 Å². The molecule has 1 atom stereocenters. The molecule has 2 nitrogen and oxygen atoms in total. The monoisotopic (exact) mass is 301 g/mol. The first kappa shape index (κ1) is 12.0. The average Bonchev–Trinajstić information content (AvgIpc) is 2.56. The van der Waals surface area contributed by atoms with Crippen LogP contribution in [0.4, 0.5) is 0 Å². The molecule has 0 bridgehead atoms. The first-order valence-corrected chi connectivity index (χ1v) is 6.27. The Kier molecular flexibility index (Phi) is 3.29. The molecule has 0 aliphatic rings. The second kappa shape index (κ2) is 4.40. The number of nitrogens with one attached hydrogen (secondary N) is 1. The van der Waals surface area contributed by atoms with E-state index in [4.69, 9.17) is 16.0 Å². The Morgan fingerprint density at radius 3 is 2.75 bits per heavy atom. The Bertz CT molecular complexity index is 535. The fourth-order valence-corrected chi connectivity index (χ4v) is 2.65. The SMILES string of the molecule is CNC(C)c1oc2c(Cl)cc(Br)cc2c1C. The molecule has 86 valence electrons. The summed E-state index contributed by atoms with van der Waals surface area (Å²) in [5, 5.41) is 4.88. The van der Waals surface area contributed by atoms with E-state index in [9.17, 15) is 0 Å². The zero-order valence-corrected chi connectivity index (χ0v) is 11.7. The van der Waals surface area contributed by atoms with Gasteiger partial charge in [-0.1, -0.05) is 27.5 Å². The van der Waals surface area contributed by atoms with Crippen LogP contribution in [0.1, 0.15) is 24.3 Å².